The number of nitrogens with zero attached hydrogens (tertiary/aromatic N) is 2. The molecule has 2 aromatic carbocycles. The molecule has 0 bridgehead atoms. The SMILES string of the molecule is COc1ccc2c(c1)C1(CCN(C(=O)C=CC(=O)Nc3ccc([N+](=O)[O-])cc3)CC1)OC(=O)N2. The number of hydrogen-bond donors (Lipinski definition) is 2. The molecule has 34 heavy (non-hydrogen) atoms. The average Bonchev–Trinajstić information content (AvgIpc) is 2.83. The van der Waals surface area contributed by atoms with Crippen molar-refractivity contribution < 1.29 is 28.8 Å². The number of likely N-dealkylation sites (tertiary alicyclic amines) is 1. The molecule has 2 heterocycles. The van der Waals surface area contributed by atoms with E-state index in [9.17, 15) is 24.5 Å². The smallest absolute Gasteiger partial charge is 0.412 e. The van der Waals surface area contributed by atoms with Gasteiger partial charge in [-0.3, -0.25) is 25.0 Å². The molecule has 0 saturated carbocycles. The monoisotopic (exact) mass is 466 g/mol. The zero-order valence-electron chi connectivity index (χ0n) is 18.3. The lowest BCUT2D eigenvalue weighted by molar-refractivity contribution is -0.384. The van der Waals surface area contributed by atoms with E-state index in [1.54, 1.807) is 24.1 Å². The van der Waals surface area contributed by atoms with Crippen LogP contribution >= 0.6 is 0 Å². The molecule has 3 amide bonds. The third kappa shape index (κ3) is 4.68. The Morgan fingerprint density at radius 2 is 1.88 bits per heavy atom. The Morgan fingerprint density at radius 1 is 1.18 bits per heavy atom. The van der Waals surface area contributed by atoms with E-state index in [-0.39, 0.29) is 11.6 Å². The van der Waals surface area contributed by atoms with Gasteiger partial charge >= 0.3 is 6.09 Å². The van der Waals surface area contributed by atoms with E-state index in [4.69, 9.17) is 9.47 Å². The third-order valence-corrected chi connectivity index (χ3v) is 5.85. The van der Waals surface area contributed by atoms with Gasteiger partial charge in [0.2, 0.25) is 11.8 Å². The molecule has 1 fully saturated rings. The number of carbonyl (C=O) groups excluding carboxylic acids is 3. The number of piperidine rings is 1. The number of rotatable bonds is 5. The maximum absolute atomic E-state index is 12.6. The minimum atomic E-state index is -0.861. The molecule has 0 aliphatic carbocycles. The van der Waals surface area contributed by atoms with Gasteiger partial charge in [-0.1, -0.05) is 0 Å². The Labute approximate surface area is 194 Å². The van der Waals surface area contributed by atoms with Crippen LogP contribution < -0.4 is 15.4 Å². The van der Waals surface area contributed by atoms with E-state index in [1.807, 2.05) is 6.07 Å². The molecule has 2 aromatic rings. The molecule has 11 nitrogen and oxygen atoms in total. The van der Waals surface area contributed by atoms with Gasteiger partial charge in [0.1, 0.15) is 11.4 Å². The summed E-state index contributed by atoms with van der Waals surface area (Å²) in [7, 11) is 1.56. The molecule has 2 aliphatic heterocycles. The number of ether oxygens (including phenoxy) is 2. The molecule has 1 spiro atoms. The summed E-state index contributed by atoms with van der Waals surface area (Å²) < 4.78 is 11.0. The first kappa shape index (κ1) is 22.8. The number of carbonyl (C=O) groups is 3. The van der Waals surface area contributed by atoms with Crippen molar-refractivity contribution in [1.82, 2.24) is 4.90 Å². The van der Waals surface area contributed by atoms with Gasteiger partial charge in [-0.15, -0.1) is 0 Å². The maximum atomic E-state index is 12.6. The number of non-ortho nitro benzene ring substituents is 1. The van der Waals surface area contributed by atoms with E-state index in [0.717, 1.165) is 11.6 Å². The predicted molar refractivity (Wildman–Crippen MR) is 121 cm³/mol. The average molecular weight is 466 g/mol. The zero-order chi connectivity index (χ0) is 24.3. The van der Waals surface area contributed by atoms with Crippen molar-refractivity contribution in [1.29, 1.82) is 0 Å². The van der Waals surface area contributed by atoms with Crippen LogP contribution in [0, 0.1) is 10.1 Å². The summed E-state index contributed by atoms with van der Waals surface area (Å²) in [5.74, 6) is -0.248. The highest BCUT2D eigenvalue weighted by Crippen LogP contribution is 2.44. The van der Waals surface area contributed by atoms with Gasteiger partial charge in [-0.25, -0.2) is 4.79 Å². The van der Waals surface area contributed by atoms with Gasteiger partial charge in [0, 0.05) is 61.5 Å². The van der Waals surface area contributed by atoms with Crippen LogP contribution in [0.2, 0.25) is 0 Å². The minimum Gasteiger partial charge on any atom is -0.497 e. The van der Waals surface area contributed by atoms with Gasteiger partial charge < -0.3 is 19.7 Å². The van der Waals surface area contributed by atoms with Gasteiger partial charge in [-0.05, 0) is 30.3 Å². The van der Waals surface area contributed by atoms with E-state index < -0.39 is 22.5 Å². The molecular formula is C23H22N4O7. The van der Waals surface area contributed by atoms with Gasteiger partial charge in [0.05, 0.1) is 17.7 Å². The first-order valence-electron chi connectivity index (χ1n) is 10.5. The summed E-state index contributed by atoms with van der Waals surface area (Å²) in [6.45, 7) is 0.661. The molecular weight excluding hydrogens is 444 g/mol. The second-order valence-electron chi connectivity index (χ2n) is 7.87. The fourth-order valence-corrected chi connectivity index (χ4v) is 4.07. The van der Waals surface area contributed by atoms with Crippen LogP contribution in [-0.2, 0) is 19.9 Å². The summed E-state index contributed by atoms with van der Waals surface area (Å²) >= 11 is 0. The first-order chi connectivity index (χ1) is 16.3. The molecule has 2 aliphatic rings. The Bertz CT molecular complexity index is 1170. The molecule has 0 radical (unpaired) electrons. The highest BCUT2D eigenvalue weighted by atomic mass is 16.6. The normalized spacial score (nSPS) is 16.4. The molecule has 0 unspecified atom stereocenters. The van der Waals surface area contributed by atoms with Gasteiger partial charge in [-0.2, -0.15) is 0 Å². The second-order valence-corrected chi connectivity index (χ2v) is 7.87. The Morgan fingerprint density at radius 3 is 2.53 bits per heavy atom. The second kappa shape index (κ2) is 9.22. The van der Waals surface area contributed by atoms with Crippen LogP contribution in [0.25, 0.3) is 0 Å². The van der Waals surface area contributed by atoms with Gasteiger partial charge in [0.15, 0.2) is 0 Å². The van der Waals surface area contributed by atoms with Crippen molar-refractivity contribution in [2.45, 2.75) is 18.4 Å². The number of nitro groups is 1. The molecule has 11 heteroatoms. The maximum Gasteiger partial charge on any atom is 0.412 e. The quantitative estimate of drug-likeness (QED) is 0.392. The lowest BCUT2D eigenvalue weighted by Crippen LogP contribution is -2.49. The van der Waals surface area contributed by atoms with Crippen LogP contribution in [0.1, 0.15) is 18.4 Å². The van der Waals surface area contributed by atoms with Crippen LogP contribution in [0.3, 0.4) is 0 Å². The highest BCUT2D eigenvalue weighted by Gasteiger charge is 2.45. The fraction of sp³-hybridized carbons (Fsp3) is 0.261. The predicted octanol–water partition coefficient (Wildman–Crippen LogP) is 3.18. The molecule has 2 N–H and O–H groups in total. The van der Waals surface area contributed by atoms with E-state index >= 15 is 0 Å². The lowest BCUT2D eigenvalue weighted by atomic mass is 9.82. The number of hydrogen-bond acceptors (Lipinski definition) is 7. The van der Waals surface area contributed by atoms with E-state index in [0.29, 0.717) is 43.1 Å². The minimum absolute atomic E-state index is 0.0907. The summed E-state index contributed by atoms with van der Waals surface area (Å²) in [5.41, 5.74) is 0.873. The fourth-order valence-electron chi connectivity index (χ4n) is 4.07. The standard InChI is InChI=1S/C23H22N4O7/c1-33-17-6-7-19-18(14-17)23(34-22(30)25-19)10-12-26(13-11-23)21(29)9-8-20(28)24-15-2-4-16(5-3-15)27(31)32/h2-9,14H,10-13H2,1H3,(H,24,28)(H,25,30). The molecule has 1 saturated heterocycles. The number of fused-ring (bicyclic) bond motifs is 2. The van der Waals surface area contributed by atoms with Crippen LogP contribution in [0.15, 0.2) is 54.6 Å². The number of benzene rings is 2. The number of amides is 3. The van der Waals surface area contributed by atoms with Crippen molar-refractivity contribution in [3.8, 4) is 5.75 Å². The van der Waals surface area contributed by atoms with Crippen molar-refractivity contribution >= 4 is 35.0 Å². The van der Waals surface area contributed by atoms with Crippen LogP contribution in [0.5, 0.6) is 5.75 Å². The van der Waals surface area contributed by atoms with Crippen LogP contribution in [-0.4, -0.2) is 47.9 Å². The summed E-state index contributed by atoms with van der Waals surface area (Å²) in [6, 6.07) is 10.7. The summed E-state index contributed by atoms with van der Waals surface area (Å²) in [4.78, 5) is 48.6. The first-order valence-corrected chi connectivity index (χ1v) is 10.5. The molecule has 0 aromatic heterocycles. The number of nitrogens with one attached hydrogen (secondary N) is 2. The molecule has 4 rings (SSSR count). The Hall–Kier alpha value is -4.41. The third-order valence-electron chi connectivity index (χ3n) is 5.85. The molecule has 0 atom stereocenters. The number of anilines is 2. The van der Waals surface area contributed by atoms with E-state index in [2.05, 4.69) is 10.6 Å². The number of methoxy groups -OCH3 is 1. The van der Waals surface area contributed by atoms with Crippen molar-refractivity contribution in [2.75, 3.05) is 30.8 Å². The van der Waals surface area contributed by atoms with Crippen molar-refractivity contribution in [3.63, 3.8) is 0 Å². The summed E-state index contributed by atoms with van der Waals surface area (Å²) in [5, 5.41) is 15.9. The lowest BCUT2D eigenvalue weighted by Gasteiger charge is -2.44. The zero-order valence-corrected chi connectivity index (χ0v) is 18.3. The van der Waals surface area contributed by atoms with E-state index in [1.165, 1.54) is 30.3 Å². The Balaban J connectivity index is 1.37. The molecule has 176 valence electrons. The highest BCUT2D eigenvalue weighted by molar-refractivity contribution is 6.03. The Kier molecular flexibility index (Phi) is 6.17. The van der Waals surface area contributed by atoms with Crippen molar-refractivity contribution in [2.24, 2.45) is 0 Å². The summed E-state index contributed by atoms with van der Waals surface area (Å²) in [6.07, 6.45) is 2.54. The number of nitro benzene ring substituents is 1. The topological polar surface area (TPSA) is 140 Å². The van der Waals surface area contributed by atoms with Crippen LogP contribution in [0.4, 0.5) is 21.9 Å². The largest absolute Gasteiger partial charge is 0.497 e. The van der Waals surface area contributed by atoms with Crippen molar-refractivity contribution in [3.05, 3.63) is 70.3 Å². The van der Waals surface area contributed by atoms with Gasteiger partial charge in [0.25, 0.3) is 5.69 Å².